The molecule has 0 aliphatic rings. The van der Waals surface area contributed by atoms with E-state index in [1.54, 1.807) is 6.92 Å². The molecule has 0 aromatic rings. The highest BCUT2D eigenvalue weighted by Crippen LogP contribution is 2.07. The molecule has 12 heavy (non-hydrogen) atoms. The van der Waals surface area contributed by atoms with E-state index >= 15 is 0 Å². The predicted molar refractivity (Wildman–Crippen MR) is 53.6 cm³/mol. The van der Waals surface area contributed by atoms with Crippen LogP contribution in [-0.4, -0.2) is 23.8 Å². The Morgan fingerprint density at radius 2 is 2.25 bits per heavy atom. The van der Waals surface area contributed by atoms with Crippen molar-refractivity contribution >= 4 is 23.2 Å². The molecule has 0 aliphatic heterocycles. The fourth-order valence-corrected chi connectivity index (χ4v) is 0.786. The van der Waals surface area contributed by atoms with E-state index in [2.05, 4.69) is 5.32 Å². The van der Waals surface area contributed by atoms with Crippen molar-refractivity contribution in [1.29, 1.82) is 0 Å². The zero-order valence-electron chi connectivity index (χ0n) is 7.40. The van der Waals surface area contributed by atoms with Gasteiger partial charge in [-0.05, 0) is 13.3 Å². The van der Waals surface area contributed by atoms with Crippen LogP contribution < -0.4 is 5.32 Å². The standard InChI is InChI=1S/C8H15Cl2NO/c1-3-8(2,12)6-11-5-7(10)4-9/h4,11-12H,3,5-6H2,1-2H3. The Bertz CT molecular complexity index is 157. The van der Waals surface area contributed by atoms with Crippen molar-refractivity contribution in [3.63, 3.8) is 0 Å². The first-order valence-corrected chi connectivity index (χ1v) is 4.71. The average Bonchev–Trinajstić information content (AvgIpc) is 2.04. The highest BCUT2D eigenvalue weighted by atomic mass is 35.5. The largest absolute Gasteiger partial charge is 0.389 e. The molecular weight excluding hydrogens is 197 g/mol. The summed E-state index contributed by atoms with van der Waals surface area (Å²) in [6, 6.07) is 0. The SMILES string of the molecule is CCC(C)(O)CNCC(Cl)=CCl. The Kier molecular flexibility index (Phi) is 5.93. The molecule has 0 saturated carbocycles. The van der Waals surface area contributed by atoms with Crippen molar-refractivity contribution in [3.8, 4) is 0 Å². The van der Waals surface area contributed by atoms with Crippen LogP contribution in [0.2, 0.25) is 0 Å². The fourth-order valence-electron chi connectivity index (χ4n) is 0.615. The first-order chi connectivity index (χ1) is 5.52. The molecule has 0 spiro atoms. The lowest BCUT2D eigenvalue weighted by Gasteiger charge is -2.21. The third kappa shape index (κ3) is 5.84. The van der Waals surface area contributed by atoms with Crippen molar-refractivity contribution in [1.82, 2.24) is 5.32 Å². The molecule has 4 heteroatoms. The van der Waals surface area contributed by atoms with Gasteiger partial charge in [0.25, 0.3) is 0 Å². The van der Waals surface area contributed by atoms with Gasteiger partial charge in [-0.1, -0.05) is 30.1 Å². The summed E-state index contributed by atoms with van der Waals surface area (Å²) in [6.07, 6.45) is 0.711. The van der Waals surface area contributed by atoms with Gasteiger partial charge in [0.15, 0.2) is 0 Å². The maximum absolute atomic E-state index is 9.55. The van der Waals surface area contributed by atoms with Crippen LogP contribution >= 0.6 is 23.2 Å². The van der Waals surface area contributed by atoms with Gasteiger partial charge in [0.05, 0.1) is 5.60 Å². The van der Waals surface area contributed by atoms with Gasteiger partial charge in [-0.25, -0.2) is 0 Å². The molecule has 0 radical (unpaired) electrons. The number of aliphatic hydroxyl groups is 1. The number of nitrogens with one attached hydrogen (secondary N) is 1. The van der Waals surface area contributed by atoms with Crippen LogP contribution in [0.15, 0.2) is 10.6 Å². The maximum Gasteiger partial charge on any atom is 0.0741 e. The summed E-state index contributed by atoms with van der Waals surface area (Å²) in [7, 11) is 0. The van der Waals surface area contributed by atoms with Crippen LogP contribution in [0.5, 0.6) is 0 Å². The van der Waals surface area contributed by atoms with Crippen LogP contribution in [-0.2, 0) is 0 Å². The predicted octanol–water partition coefficient (Wildman–Crippen LogP) is 2.06. The smallest absolute Gasteiger partial charge is 0.0741 e. The fraction of sp³-hybridized carbons (Fsp3) is 0.750. The Hall–Kier alpha value is 0.240. The number of rotatable bonds is 5. The number of hydrogen-bond acceptors (Lipinski definition) is 2. The van der Waals surface area contributed by atoms with Gasteiger partial charge in [0.2, 0.25) is 0 Å². The highest BCUT2D eigenvalue weighted by molar-refractivity contribution is 6.36. The minimum absolute atomic E-state index is 0.501. The van der Waals surface area contributed by atoms with Gasteiger partial charge in [0.1, 0.15) is 0 Å². The third-order valence-corrected chi connectivity index (χ3v) is 2.30. The molecule has 0 saturated heterocycles. The molecule has 0 fully saturated rings. The topological polar surface area (TPSA) is 32.3 Å². The monoisotopic (exact) mass is 211 g/mol. The summed E-state index contributed by atoms with van der Waals surface area (Å²) in [5.41, 5.74) is 0.651. The van der Waals surface area contributed by atoms with E-state index in [-0.39, 0.29) is 0 Å². The van der Waals surface area contributed by atoms with E-state index in [1.807, 2.05) is 6.92 Å². The first kappa shape index (κ1) is 12.2. The second kappa shape index (κ2) is 5.81. The summed E-state index contributed by atoms with van der Waals surface area (Å²) in [4.78, 5) is 0. The molecule has 0 heterocycles. The molecule has 0 amide bonds. The van der Waals surface area contributed by atoms with Crippen LogP contribution in [0, 0.1) is 0 Å². The van der Waals surface area contributed by atoms with Gasteiger partial charge in [-0.3, -0.25) is 0 Å². The normalized spacial score (nSPS) is 17.6. The zero-order valence-corrected chi connectivity index (χ0v) is 8.91. The van der Waals surface area contributed by atoms with Gasteiger partial charge < -0.3 is 10.4 Å². The molecule has 72 valence electrons. The van der Waals surface area contributed by atoms with E-state index in [0.717, 1.165) is 0 Å². The lowest BCUT2D eigenvalue weighted by atomic mass is 10.0. The summed E-state index contributed by atoms with van der Waals surface area (Å²) in [5.74, 6) is 0. The summed E-state index contributed by atoms with van der Waals surface area (Å²) in [5, 5.41) is 13.1. The van der Waals surface area contributed by atoms with E-state index in [0.29, 0.717) is 24.5 Å². The average molecular weight is 212 g/mol. The van der Waals surface area contributed by atoms with Gasteiger partial charge in [-0.15, -0.1) is 0 Å². The van der Waals surface area contributed by atoms with Crippen molar-refractivity contribution in [2.24, 2.45) is 0 Å². The Balaban J connectivity index is 3.56. The van der Waals surface area contributed by atoms with E-state index in [4.69, 9.17) is 23.2 Å². The van der Waals surface area contributed by atoms with Crippen LogP contribution in [0.1, 0.15) is 20.3 Å². The van der Waals surface area contributed by atoms with Gasteiger partial charge in [-0.2, -0.15) is 0 Å². The summed E-state index contributed by atoms with van der Waals surface area (Å²) >= 11 is 11.0. The highest BCUT2D eigenvalue weighted by Gasteiger charge is 2.16. The second-order valence-corrected chi connectivity index (χ2v) is 3.71. The van der Waals surface area contributed by atoms with Crippen LogP contribution in [0.4, 0.5) is 0 Å². The minimum atomic E-state index is -0.663. The molecule has 0 aromatic carbocycles. The molecule has 2 N–H and O–H groups in total. The Morgan fingerprint density at radius 3 is 2.67 bits per heavy atom. The van der Waals surface area contributed by atoms with Crippen molar-refractivity contribution in [2.45, 2.75) is 25.9 Å². The minimum Gasteiger partial charge on any atom is -0.389 e. The number of hydrogen-bond donors (Lipinski definition) is 2. The molecule has 1 atom stereocenters. The van der Waals surface area contributed by atoms with E-state index < -0.39 is 5.60 Å². The molecule has 1 unspecified atom stereocenters. The lowest BCUT2D eigenvalue weighted by molar-refractivity contribution is 0.0568. The second-order valence-electron chi connectivity index (χ2n) is 3.01. The van der Waals surface area contributed by atoms with Crippen LogP contribution in [0.3, 0.4) is 0 Å². The molecular formula is C8H15Cl2NO. The summed E-state index contributed by atoms with van der Waals surface area (Å²) in [6.45, 7) is 4.73. The van der Waals surface area contributed by atoms with Crippen molar-refractivity contribution in [2.75, 3.05) is 13.1 Å². The molecule has 0 aliphatic carbocycles. The van der Waals surface area contributed by atoms with Crippen molar-refractivity contribution in [3.05, 3.63) is 10.6 Å². The number of halogens is 2. The van der Waals surface area contributed by atoms with Gasteiger partial charge in [0, 0.05) is 23.7 Å². The molecule has 0 aromatic heterocycles. The molecule has 0 bridgehead atoms. The zero-order chi connectivity index (χ0) is 9.61. The first-order valence-electron chi connectivity index (χ1n) is 3.89. The Labute approximate surface area is 83.6 Å². The van der Waals surface area contributed by atoms with E-state index in [9.17, 15) is 5.11 Å². The third-order valence-electron chi connectivity index (χ3n) is 1.68. The molecule has 2 nitrogen and oxygen atoms in total. The quantitative estimate of drug-likeness (QED) is 0.731. The van der Waals surface area contributed by atoms with Crippen molar-refractivity contribution < 1.29 is 5.11 Å². The van der Waals surface area contributed by atoms with E-state index in [1.165, 1.54) is 5.54 Å². The Morgan fingerprint density at radius 1 is 1.67 bits per heavy atom. The van der Waals surface area contributed by atoms with Gasteiger partial charge >= 0.3 is 0 Å². The molecule has 0 rings (SSSR count). The van der Waals surface area contributed by atoms with Crippen LogP contribution in [0.25, 0.3) is 0 Å². The summed E-state index contributed by atoms with van der Waals surface area (Å²) < 4.78 is 0. The maximum atomic E-state index is 9.55. The lowest BCUT2D eigenvalue weighted by Crippen LogP contribution is -2.37.